The first-order valence-electron chi connectivity index (χ1n) is 6.19. The van der Waals surface area contributed by atoms with E-state index in [9.17, 15) is 8.42 Å². The van der Waals surface area contributed by atoms with E-state index < -0.39 is 14.8 Å². The summed E-state index contributed by atoms with van der Waals surface area (Å²) in [6, 6.07) is 2.07. The summed E-state index contributed by atoms with van der Waals surface area (Å²) in [6.07, 6.45) is 1.42. The molecule has 0 amide bonds. The van der Waals surface area contributed by atoms with Crippen molar-refractivity contribution >= 4 is 21.4 Å². The first-order valence-corrected chi connectivity index (χ1v) is 8.51. The van der Waals surface area contributed by atoms with Gasteiger partial charge in [0.25, 0.3) is 0 Å². The lowest BCUT2D eigenvalue weighted by Gasteiger charge is -2.44. The highest BCUT2D eigenvalue weighted by atomic mass is 32.2. The van der Waals surface area contributed by atoms with Crippen molar-refractivity contribution in [2.45, 2.75) is 24.1 Å². The predicted molar refractivity (Wildman–Crippen MR) is 73.1 cm³/mol. The normalized spacial score (nSPS) is 27.2. The van der Waals surface area contributed by atoms with Gasteiger partial charge in [0.1, 0.15) is 4.75 Å². The molecule has 2 aliphatic rings. The second-order valence-corrected chi connectivity index (χ2v) is 8.60. The molecule has 18 heavy (non-hydrogen) atoms. The maximum atomic E-state index is 12.8. The summed E-state index contributed by atoms with van der Waals surface area (Å²) in [5, 5.41) is 2.03. The summed E-state index contributed by atoms with van der Waals surface area (Å²) in [5.74, 6) is 0. The van der Waals surface area contributed by atoms with Gasteiger partial charge in [0.2, 0.25) is 10.0 Å². The molecule has 1 spiro atoms. The van der Waals surface area contributed by atoms with E-state index in [1.54, 1.807) is 18.4 Å². The Morgan fingerprint density at radius 1 is 1.28 bits per heavy atom. The van der Waals surface area contributed by atoms with Gasteiger partial charge < -0.3 is 4.90 Å². The highest BCUT2D eigenvalue weighted by Gasteiger charge is 2.53. The number of sulfonamides is 1. The zero-order chi connectivity index (χ0) is 13.0. The molecular weight excluding hydrogens is 268 g/mol. The van der Waals surface area contributed by atoms with E-state index in [2.05, 4.69) is 18.0 Å². The van der Waals surface area contributed by atoms with Gasteiger partial charge in [-0.15, -0.1) is 11.3 Å². The molecule has 3 heterocycles. The quantitative estimate of drug-likeness (QED) is 0.725. The molecule has 0 aromatic carbocycles. The molecule has 6 heteroatoms. The van der Waals surface area contributed by atoms with Crippen LogP contribution in [0.3, 0.4) is 0 Å². The van der Waals surface area contributed by atoms with Gasteiger partial charge >= 0.3 is 0 Å². The third kappa shape index (κ3) is 1.52. The van der Waals surface area contributed by atoms with E-state index in [0.29, 0.717) is 19.4 Å². The van der Waals surface area contributed by atoms with Crippen LogP contribution in [0, 0.1) is 0 Å². The summed E-state index contributed by atoms with van der Waals surface area (Å²) in [7, 11) is 0.547. The standard InChI is InChI=1S/C12H18N2O2S2/c1-13-6-4-12(5-7-13)11-10(3-8-17-11)9-14(2)18(12,15)16/h3,8H,4-7,9H2,1-2H3. The van der Waals surface area contributed by atoms with Crippen molar-refractivity contribution in [1.82, 2.24) is 9.21 Å². The Morgan fingerprint density at radius 2 is 1.94 bits per heavy atom. The Hall–Kier alpha value is -0.430. The molecule has 0 radical (unpaired) electrons. The molecule has 1 aromatic rings. The highest BCUT2D eigenvalue weighted by Crippen LogP contribution is 2.48. The smallest absolute Gasteiger partial charge is 0.225 e. The average molecular weight is 286 g/mol. The lowest BCUT2D eigenvalue weighted by molar-refractivity contribution is 0.223. The van der Waals surface area contributed by atoms with Crippen molar-refractivity contribution in [2.24, 2.45) is 0 Å². The van der Waals surface area contributed by atoms with Crippen LogP contribution in [0.1, 0.15) is 23.3 Å². The molecule has 100 valence electrons. The molecule has 4 nitrogen and oxygen atoms in total. The number of nitrogens with zero attached hydrogens (tertiary/aromatic N) is 2. The molecule has 3 rings (SSSR count). The zero-order valence-corrected chi connectivity index (χ0v) is 12.4. The number of rotatable bonds is 0. The molecular formula is C12H18N2O2S2. The molecule has 0 saturated carbocycles. The van der Waals surface area contributed by atoms with Crippen LogP contribution in [0.4, 0.5) is 0 Å². The van der Waals surface area contributed by atoms with Gasteiger partial charge in [0, 0.05) is 18.5 Å². The van der Waals surface area contributed by atoms with E-state index in [-0.39, 0.29) is 0 Å². The van der Waals surface area contributed by atoms with Gasteiger partial charge in [-0.1, -0.05) is 0 Å². The van der Waals surface area contributed by atoms with Crippen LogP contribution < -0.4 is 0 Å². The SMILES string of the molecule is CN1CCC2(CC1)c1sccc1CN(C)S2(=O)=O. The lowest BCUT2D eigenvalue weighted by atomic mass is 9.92. The maximum absolute atomic E-state index is 12.8. The lowest BCUT2D eigenvalue weighted by Crippen LogP contribution is -2.53. The first kappa shape index (κ1) is 12.6. The van der Waals surface area contributed by atoms with Gasteiger partial charge in [0.15, 0.2) is 0 Å². The number of piperidine rings is 1. The number of hydrogen-bond acceptors (Lipinski definition) is 4. The van der Waals surface area contributed by atoms with Crippen LogP contribution in [0.15, 0.2) is 11.4 Å². The van der Waals surface area contributed by atoms with Gasteiger partial charge in [-0.05, 0) is 50.0 Å². The maximum Gasteiger partial charge on any atom is 0.225 e. The topological polar surface area (TPSA) is 40.6 Å². The molecule has 0 atom stereocenters. The van der Waals surface area contributed by atoms with E-state index >= 15 is 0 Å². The van der Waals surface area contributed by atoms with E-state index in [1.165, 1.54) is 9.87 Å². The molecule has 1 fully saturated rings. The zero-order valence-electron chi connectivity index (χ0n) is 10.7. The second-order valence-electron chi connectivity index (χ2n) is 5.33. The Balaban J connectivity index is 2.16. The fourth-order valence-corrected chi connectivity index (χ4v) is 6.57. The van der Waals surface area contributed by atoms with Crippen molar-refractivity contribution < 1.29 is 8.42 Å². The third-order valence-corrected chi connectivity index (χ3v) is 8.09. The molecule has 2 aliphatic heterocycles. The number of likely N-dealkylation sites (tertiary alicyclic amines) is 1. The van der Waals surface area contributed by atoms with Crippen LogP contribution in [0.5, 0.6) is 0 Å². The molecule has 0 aliphatic carbocycles. The third-order valence-electron chi connectivity index (χ3n) is 4.25. The van der Waals surface area contributed by atoms with E-state index in [1.807, 2.05) is 5.38 Å². The molecule has 1 saturated heterocycles. The monoisotopic (exact) mass is 286 g/mol. The van der Waals surface area contributed by atoms with Gasteiger partial charge in [0.05, 0.1) is 0 Å². The number of thiophene rings is 1. The summed E-state index contributed by atoms with van der Waals surface area (Å²) in [5.41, 5.74) is 1.20. The van der Waals surface area contributed by atoms with Crippen LogP contribution in [0.2, 0.25) is 0 Å². The van der Waals surface area contributed by atoms with E-state index in [0.717, 1.165) is 18.0 Å². The fraction of sp³-hybridized carbons (Fsp3) is 0.667. The van der Waals surface area contributed by atoms with Crippen molar-refractivity contribution in [1.29, 1.82) is 0 Å². The Bertz CT molecular complexity index is 556. The Morgan fingerprint density at radius 3 is 2.61 bits per heavy atom. The number of fused-ring (bicyclic) bond motifs is 2. The molecule has 1 aromatic heterocycles. The van der Waals surface area contributed by atoms with Crippen molar-refractivity contribution in [3.05, 3.63) is 21.9 Å². The second kappa shape index (κ2) is 4.03. The minimum absolute atomic E-state index is 0.527. The van der Waals surface area contributed by atoms with Crippen molar-refractivity contribution in [3.63, 3.8) is 0 Å². The number of hydrogen-bond donors (Lipinski definition) is 0. The largest absolute Gasteiger partial charge is 0.306 e. The summed E-state index contributed by atoms with van der Waals surface area (Å²) >= 11 is 1.61. The van der Waals surface area contributed by atoms with Gasteiger partial charge in [-0.25, -0.2) is 8.42 Å². The Labute approximate surface area is 112 Å². The van der Waals surface area contributed by atoms with Gasteiger partial charge in [-0.3, -0.25) is 0 Å². The van der Waals surface area contributed by atoms with Crippen LogP contribution in [0.25, 0.3) is 0 Å². The predicted octanol–water partition coefficient (Wildman–Crippen LogP) is 1.44. The highest BCUT2D eigenvalue weighted by molar-refractivity contribution is 7.90. The van der Waals surface area contributed by atoms with Crippen molar-refractivity contribution in [2.75, 3.05) is 27.2 Å². The summed E-state index contributed by atoms with van der Waals surface area (Å²) in [4.78, 5) is 3.30. The summed E-state index contributed by atoms with van der Waals surface area (Å²) < 4.78 is 26.4. The first-order chi connectivity index (χ1) is 8.47. The molecule has 0 bridgehead atoms. The fourth-order valence-electron chi connectivity index (χ4n) is 3.07. The van der Waals surface area contributed by atoms with Crippen molar-refractivity contribution in [3.8, 4) is 0 Å². The molecule has 0 unspecified atom stereocenters. The average Bonchev–Trinajstić information content (AvgIpc) is 2.78. The molecule has 0 N–H and O–H groups in total. The minimum atomic E-state index is -3.21. The van der Waals surface area contributed by atoms with Gasteiger partial charge in [-0.2, -0.15) is 4.31 Å². The minimum Gasteiger partial charge on any atom is -0.306 e. The van der Waals surface area contributed by atoms with E-state index in [4.69, 9.17) is 0 Å². The van der Waals surface area contributed by atoms with Crippen LogP contribution in [-0.2, 0) is 21.3 Å². The Kier molecular flexibility index (Phi) is 2.82. The van der Waals surface area contributed by atoms with Crippen LogP contribution in [-0.4, -0.2) is 44.8 Å². The summed E-state index contributed by atoms with van der Waals surface area (Å²) in [6.45, 7) is 2.23. The van der Waals surface area contributed by atoms with Crippen LogP contribution >= 0.6 is 11.3 Å².